The third-order valence-electron chi connectivity index (χ3n) is 3.57. The van der Waals surface area contributed by atoms with Gasteiger partial charge in [0.05, 0.1) is 6.07 Å². The van der Waals surface area contributed by atoms with E-state index in [9.17, 15) is 0 Å². The first-order valence-electron chi connectivity index (χ1n) is 6.57. The normalized spacial score (nSPS) is 11.2. The second-order valence-electron chi connectivity index (χ2n) is 5.39. The standard InChI is InChI=1S/C16H17N3O/c1-9-5-12-15(7-11(9)17)20-16-8-14(19(3)4)10(2)6-13(16)18-12/h5-8,17H,1-4H3/p+1. The van der Waals surface area contributed by atoms with Crippen molar-refractivity contribution in [2.24, 2.45) is 0 Å². The number of nitrogens with zero attached hydrogens (tertiary/aromatic N) is 2. The van der Waals surface area contributed by atoms with Crippen molar-refractivity contribution in [3.05, 3.63) is 40.7 Å². The first-order valence-corrected chi connectivity index (χ1v) is 6.57. The molecule has 0 aromatic heterocycles. The highest BCUT2D eigenvalue weighted by Gasteiger charge is 2.13. The monoisotopic (exact) mass is 268 g/mol. The number of aromatic nitrogens is 1. The second kappa shape index (κ2) is 4.34. The van der Waals surface area contributed by atoms with Gasteiger partial charge < -0.3 is 10.2 Å². The SMILES string of the molecule is Cc1cc2nc3cc(C)c(=[N+](C)C)cc-3oc2cc1N. The lowest BCUT2D eigenvalue weighted by atomic mass is 10.1. The number of fused-ring (bicyclic) bond motifs is 2. The zero-order valence-electron chi connectivity index (χ0n) is 12.2. The highest BCUT2D eigenvalue weighted by molar-refractivity contribution is 5.81. The maximum atomic E-state index is 5.96. The van der Waals surface area contributed by atoms with Crippen LogP contribution in [0.2, 0.25) is 0 Å². The number of benzene rings is 2. The number of hydrogen-bond acceptors (Lipinski definition) is 3. The van der Waals surface area contributed by atoms with Gasteiger partial charge in [0.1, 0.15) is 25.3 Å². The van der Waals surface area contributed by atoms with E-state index < -0.39 is 0 Å². The molecule has 0 saturated heterocycles. The molecule has 2 aliphatic rings. The van der Waals surface area contributed by atoms with Crippen LogP contribution in [0.4, 0.5) is 5.69 Å². The Bertz CT molecular complexity index is 858. The van der Waals surface area contributed by atoms with Crippen molar-refractivity contribution in [1.29, 1.82) is 0 Å². The van der Waals surface area contributed by atoms with Crippen LogP contribution in [0.1, 0.15) is 11.1 Å². The second-order valence-corrected chi connectivity index (χ2v) is 5.39. The zero-order chi connectivity index (χ0) is 14.4. The van der Waals surface area contributed by atoms with Gasteiger partial charge in [0.25, 0.3) is 0 Å². The van der Waals surface area contributed by atoms with Crippen LogP contribution in [-0.4, -0.2) is 19.1 Å². The van der Waals surface area contributed by atoms with Crippen molar-refractivity contribution in [2.75, 3.05) is 19.8 Å². The van der Waals surface area contributed by atoms with E-state index in [1.807, 2.05) is 39.2 Å². The van der Waals surface area contributed by atoms with Gasteiger partial charge in [0, 0.05) is 17.3 Å². The van der Waals surface area contributed by atoms with E-state index in [2.05, 4.69) is 22.5 Å². The highest BCUT2D eigenvalue weighted by atomic mass is 16.3. The summed E-state index contributed by atoms with van der Waals surface area (Å²) in [5.74, 6) is 0.773. The Morgan fingerprint density at radius 1 is 1.05 bits per heavy atom. The third-order valence-corrected chi connectivity index (χ3v) is 3.57. The molecular formula is C16H18N3O+. The Kier molecular flexibility index (Phi) is 2.74. The minimum Gasteiger partial charge on any atom is -0.452 e. The van der Waals surface area contributed by atoms with Gasteiger partial charge in [-0.05, 0) is 31.5 Å². The van der Waals surface area contributed by atoms with Crippen LogP contribution >= 0.6 is 0 Å². The van der Waals surface area contributed by atoms with Crippen molar-refractivity contribution >= 4 is 16.8 Å². The Hall–Kier alpha value is -2.36. The van der Waals surface area contributed by atoms with Gasteiger partial charge in [0.15, 0.2) is 11.3 Å². The van der Waals surface area contributed by atoms with Gasteiger partial charge in [-0.3, -0.25) is 0 Å². The number of hydrogen-bond donors (Lipinski definition) is 1. The Balaban J connectivity index is 2.44. The molecule has 0 radical (unpaired) electrons. The molecular weight excluding hydrogens is 250 g/mol. The molecule has 0 bridgehead atoms. The summed E-state index contributed by atoms with van der Waals surface area (Å²) in [6.07, 6.45) is 0. The van der Waals surface area contributed by atoms with E-state index >= 15 is 0 Å². The molecule has 2 N–H and O–H groups in total. The molecule has 4 heteroatoms. The summed E-state index contributed by atoms with van der Waals surface area (Å²) in [6.45, 7) is 4.05. The minimum atomic E-state index is 0.717. The first-order chi connectivity index (χ1) is 9.45. The molecule has 20 heavy (non-hydrogen) atoms. The number of aryl methyl sites for hydroxylation is 2. The van der Waals surface area contributed by atoms with Crippen molar-refractivity contribution in [3.8, 4) is 11.5 Å². The van der Waals surface area contributed by atoms with E-state index in [-0.39, 0.29) is 0 Å². The number of anilines is 1. The summed E-state index contributed by atoms with van der Waals surface area (Å²) in [5, 5.41) is 1.13. The fourth-order valence-corrected chi connectivity index (χ4v) is 2.42. The van der Waals surface area contributed by atoms with Crippen LogP contribution in [0.5, 0.6) is 0 Å². The highest BCUT2D eigenvalue weighted by Crippen LogP contribution is 2.27. The maximum absolute atomic E-state index is 5.96. The van der Waals surface area contributed by atoms with E-state index in [1.54, 1.807) is 0 Å². The smallest absolute Gasteiger partial charge is 0.206 e. The molecule has 4 nitrogen and oxygen atoms in total. The predicted octanol–water partition coefficient (Wildman–Crippen LogP) is 2.16. The molecule has 3 rings (SSSR count). The maximum Gasteiger partial charge on any atom is 0.206 e. The van der Waals surface area contributed by atoms with E-state index in [0.29, 0.717) is 5.58 Å². The molecule has 0 atom stereocenters. The first kappa shape index (κ1) is 12.7. The van der Waals surface area contributed by atoms with Crippen molar-refractivity contribution < 1.29 is 4.42 Å². The quantitative estimate of drug-likeness (QED) is 0.386. The minimum absolute atomic E-state index is 0.717. The lowest BCUT2D eigenvalue weighted by molar-refractivity contribution is 0.610. The molecule has 0 fully saturated rings. The largest absolute Gasteiger partial charge is 0.452 e. The fraction of sp³-hybridized carbons (Fsp3) is 0.250. The van der Waals surface area contributed by atoms with Gasteiger partial charge in [-0.25, -0.2) is 9.56 Å². The average molecular weight is 268 g/mol. The topological polar surface area (TPSA) is 55.1 Å². The Labute approximate surface area is 117 Å². The lowest BCUT2D eigenvalue weighted by Crippen LogP contribution is -2.24. The molecule has 1 heterocycles. The zero-order valence-corrected chi connectivity index (χ0v) is 12.2. The summed E-state index contributed by atoms with van der Waals surface area (Å²) < 4.78 is 8.03. The van der Waals surface area contributed by atoms with Crippen molar-refractivity contribution in [2.45, 2.75) is 13.8 Å². The van der Waals surface area contributed by atoms with Crippen LogP contribution in [0.25, 0.3) is 22.6 Å². The summed E-state index contributed by atoms with van der Waals surface area (Å²) >= 11 is 0. The van der Waals surface area contributed by atoms with Gasteiger partial charge in [-0.15, -0.1) is 0 Å². The Morgan fingerprint density at radius 3 is 2.50 bits per heavy atom. The third kappa shape index (κ3) is 1.93. The van der Waals surface area contributed by atoms with Gasteiger partial charge >= 0.3 is 0 Å². The number of nitrogens with two attached hydrogens (primary N) is 1. The van der Waals surface area contributed by atoms with Crippen LogP contribution in [0.15, 0.2) is 28.7 Å². The molecule has 0 saturated carbocycles. The molecule has 1 aromatic carbocycles. The summed E-state index contributed by atoms with van der Waals surface area (Å²) in [7, 11) is 4.04. The van der Waals surface area contributed by atoms with Gasteiger partial charge in [-0.1, -0.05) is 0 Å². The van der Waals surface area contributed by atoms with Crippen LogP contribution < -0.4 is 15.7 Å². The van der Waals surface area contributed by atoms with Gasteiger partial charge in [-0.2, -0.15) is 0 Å². The fourth-order valence-electron chi connectivity index (χ4n) is 2.42. The van der Waals surface area contributed by atoms with E-state index in [0.717, 1.165) is 33.6 Å². The predicted molar refractivity (Wildman–Crippen MR) is 81.6 cm³/mol. The van der Waals surface area contributed by atoms with Crippen molar-refractivity contribution in [3.63, 3.8) is 0 Å². The van der Waals surface area contributed by atoms with E-state index in [4.69, 9.17) is 10.2 Å². The van der Waals surface area contributed by atoms with Gasteiger partial charge in [0.2, 0.25) is 5.36 Å². The molecule has 0 unspecified atom stereocenters. The van der Waals surface area contributed by atoms with Crippen LogP contribution in [-0.2, 0) is 0 Å². The lowest BCUT2D eigenvalue weighted by Gasteiger charge is -2.08. The molecule has 102 valence electrons. The summed E-state index contributed by atoms with van der Waals surface area (Å²) in [4.78, 5) is 4.67. The van der Waals surface area contributed by atoms with E-state index in [1.165, 1.54) is 5.56 Å². The molecule has 0 spiro atoms. The number of nitrogen functional groups attached to an aromatic ring is 1. The average Bonchev–Trinajstić information content (AvgIpc) is 2.37. The molecule has 1 aliphatic carbocycles. The van der Waals surface area contributed by atoms with Crippen molar-refractivity contribution in [1.82, 2.24) is 9.56 Å². The van der Waals surface area contributed by atoms with Crippen LogP contribution in [0, 0.1) is 13.8 Å². The summed E-state index contributed by atoms with van der Waals surface area (Å²) in [5.41, 5.74) is 11.3. The summed E-state index contributed by atoms with van der Waals surface area (Å²) in [6, 6.07) is 7.88. The molecule has 1 aliphatic heterocycles. The molecule has 1 aromatic rings. The van der Waals surface area contributed by atoms with Crippen LogP contribution in [0.3, 0.4) is 0 Å². The molecule has 0 amide bonds. The Morgan fingerprint density at radius 2 is 1.80 bits per heavy atom. The number of rotatable bonds is 0.